The number of hydrogen-bond donors (Lipinski definition) is 1. The lowest BCUT2D eigenvalue weighted by atomic mass is 9.91. The lowest BCUT2D eigenvalue weighted by Crippen LogP contribution is -2.18. The first-order valence-corrected chi connectivity index (χ1v) is 8.28. The van der Waals surface area contributed by atoms with Crippen LogP contribution in [0.2, 0.25) is 0 Å². The largest absolute Gasteiger partial charge is 0.496 e. The van der Waals surface area contributed by atoms with Gasteiger partial charge in [-0.05, 0) is 40.8 Å². The lowest BCUT2D eigenvalue weighted by Gasteiger charge is -2.21. The van der Waals surface area contributed by atoms with E-state index in [1.54, 1.807) is 7.11 Å². The van der Waals surface area contributed by atoms with E-state index in [2.05, 4.69) is 64.3 Å². The fraction of sp³-hybridized carbons (Fsp3) is 0.333. The minimum Gasteiger partial charge on any atom is -0.496 e. The monoisotopic (exact) mass is 461 g/mol. The fourth-order valence-electron chi connectivity index (χ4n) is 1.94. The molecule has 0 bridgehead atoms. The number of rotatable bonds is 2. The quantitative estimate of drug-likeness (QED) is 0.673. The van der Waals surface area contributed by atoms with Crippen LogP contribution >= 0.6 is 38.5 Å². The van der Waals surface area contributed by atoms with Crippen molar-refractivity contribution >= 4 is 44.3 Å². The minimum atomic E-state index is -0.110. The zero-order valence-electron chi connectivity index (χ0n) is 12.4. The maximum Gasteiger partial charge on any atom is 0.165 e. The molecule has 2 aromatic rings. The second-order valence-electron chi connectivity index (χ2n) is 5.69. The Hall–Kier alpha value is -0.890. The molecule has 0 aliphatic rings. The van der Waals surface area contributed by atoms with Crippen LogP contribution in [0.25, 0.3) is 11.4 Å². The van der Waals surface area contributed by atoms with Gasteiger partial charge in [0, 0.05) is 9.89 Å². The van der Waals surface area contributed by atoms with Gasteiger partial charge in [0.2, 0.25) is 0 Å². The van der Waals surface area contributed by atoms with Crippen LogP contribution in [0.3, 0.4) is 0 Å². The van der Waals surface area contributed by atoms with Crippen molar-refractivity contribution in [3.8, 4) is 17.1 Å². The molecule has 0 amide bonds. The van der Waals surface area contributed by atoms with Gasteiger partial charge in [-0.2, -0.15) is 0 Å². The minimum absolute atomic E-state index is 0.110. The van der Waals surface area contributed by atoms with Gasteiger partial charge in [-0.25, -0.2) is 9.97 Å². The van der Waals surface area contributed by atoms with Crippen molar-refractivity contribution in [2.24, 2.45) is 0 Å². The number of benzene rings is 1. The molecule has 1 heterocycles. The van der Waals surface area contributed by atoms with Gasteiger partial charge in [-0.3, -0.25) is 0 Å². The van der Waals surface area contributed by atoms with Crippen LogP contribution in [0, 0.1) is 3.57 Å². The number of methoxy groups -OCH3 is 1. The standard InChI is InChI=1S/C15H17BrIN3O/c1-15(2,3)12-11(17)13(18)20-14(19-12)9-7-8(16)5-6-10(9)21-4/h5-7H,1-4H3,(H2,18,19,20). The molecule has 6 heteroatoms. The van der Waals surface area contributed by atoms with Gasteiger partial charge in [0.1, 0.15) is 11.6 Å². The second-order valence-corrected chi connectivity index (χ2v) is 7.68. The molecule has 0 saturated carbocycles. The summed E-state index contributed by atoms with van der Waals surface area (Å²) in [6.45, 7) is 6.33. The topological polar surface area (TPSA) is 61.0 Å². The molecule has 0 spiro atoms. The molecule has 2 N–H and O–H groups in total. The van der Waals surface area contributed by atoms with Crippen molar-refractivity contribution in [3.63, 3.8) is 0 Å². The summed E-state index contributed by atoms with van der Waals surface area (Å²) in [5, 5.41) is 0. The van der Waals surface area contributed by atoms with E-state index < -0.39 is 0 Å². The predicted molar refractivity (Wildman–Crippen MR) is 97.5 cm³/mol. The zero-order chi connectivity index (χ0) is 15.8. The van der Waals surface area contributed by atoms with E-state index >= 15 is 0 Å². The Balaban J connectivity index is 2.71. The van der Waals surface area contributed by atoms with Crippen LogP contribution in [0.4, 0.5) is 5.82 Å². The Morgan fingerprint density at radius 1 is 1.24 bits per heavy atom. The summed E-state index contributed by atoms with van der Waals surface area (Å²) in [5.74, 6) is 1.79. The third kappa shape index (κ3) is 3.48. The maximum absolute atomic E-state index is 6.07. The van der Waals surface area contributed by atoms with Crippen molar-refractivity contribution in [2.75, 3.05) is 12.8 Å². The zero-order valence-corrected chi connectivity index (χ0v) is 16.1. The first-order valence-electron chi connectivity index (χ1n) is 6.41. The van der Waals surface area contributed by atoms with Crippen molar-refractivity contribution in [3.05, 3.63) is 31.9 Å². The third-order valence-electron chi connectivity index (χ3n) is 2.99. The Kier molecular flexibility index (Phi) is 4.77. The van der Waals surface area contributed by atoms with Gasteiger partial charge >= 0.3 is 0 Å². The Bertz CT molecular complexity index is 683. The van der Waals surface area contributed by atoms with Crippen LogP contribution in [0.15, 0.2) is 22.7 Å². The summed E-state index contributed by atoms with van der Waals surface area (Å²) < 4.78 is 7.25. The Morgan fingerprint density at radius 2 is 1.90 bits per heavy atom. The van der Waals surface area contributed by atoms with Crippen molar-refractivity contribution in [1.29, 1.82) is 0 Å². The van der Waals surface area contributed by atoms with E-state index in [-0.39, 0.29) is 5.41 Å². The van der Waals surface area contributed by atoms with E-state index in [1.165, 1.54) is 0 Å². The van der Waals surface area contributed by atoms with E-state index in [9.17, 15) is 0 Å². The highest BCUT2D eigenvalue weighted by Gasteiger charge is 2.23. The van der Waals surface area contributed by atoms with Crippen LogP contribution < -0.4 is 10.5 Å². The molecule has 4 nitrogen and oxygen atoms in total. The lowest BCUT2D eigenvalue weighted by molar-refractivity contribution is 0.416. The number of halogens is 2. The van der Waals surface area contributed by atoms with Crippen molar-refractivity contribution in [1.82, 2.24) is 9.97 Å². The number of aromatic nitrogens is 2. The summed E-state index contributed by atoms with van der Waals surface area (Å²) in [5.41, 5.74) is 7.72. The van der Waals surface area contributed by atoms with Gasteiger partial charge in [0.25, 0.3) is 0 Å². The SMILES string of the molecule is COc1ccc(Br)cc1-c1nc(N)c(I)c(C(C)(C)C)n1. The van der Waals surface area contributed by atoms with E-state index in [0.29, 0.717) is 11.6 Å². The molecule has 0 saturated heterocycles. The average Bonchev–Trinajstić information content (AvgIpc) is 2.40. The molecule has 21 heavy (non-hydrogen) atoms. The Labute approximate surface area is 146 Å². The number of nitrogen functional groups attached to an aromatic ring is 1. The fourth-order valence-corrected chi connectivity index (χ4v) is 3.35. The van der Waals surface area contributed by atoms with Gasteiger partial charge in [-0.1, -0.05) is 36.7 Å². The molecular weight excluding hydrogens is 445 g/mol. The summed E-state index contributed by atoms with van der Waals surface area (Å²) in [7, 11) is 1.63. The highest BCUT2D eigenvalue weighted by Crippen LogP contribution is 2.34. The van der Waals surface area contributed by atoms with Crippen LogP contribution in [-0.2, 0) is 5.41 Å². The number of nitrogens with two attached hydrogens (primary N) is 1. The molecule has 112 valence electrons. The number of ether oxygens (including phenoxy) is 1. The predicted octanol–water partition coefficient (Wildman–Crippen LogP) is 4.40. The highest BCUT2D eigenvalue weighted by molar-refractivity contribution is 14.1. The van der Waals surface area contributed by atoms with Crippen molar-refractivity contribution in [2.45, 2.75) is 26.2 Å². The molecule has 1 aromatic heterocycles. The van der Waals surface area contributed by atoms with E-state index in [4.69, 9.17) is 15.5 Å². The van der Waals surface area contributed by atoms with E-state index in [1.807, 2.05) is 18.2 Å². The number of anilines is 1. The summed E-state index contributed by atoms with van der Waals surface area (Å²) in [6, 6.07) is 5.74. The molecular formula is C15H17BrIN3O. The van der Waals surface area contributed by atoms with Gasteiger partial charge < -0.3 is 10.5 Å². The second kappa shape index (κ2) is 6.08. The first-order chi connectivity index (χ1) is 9.74. The van der Waals surface area contributed by atoms with Gasteiger partial charge in [-0.15, -0.1) is 0 Å². The van der Waals surface area contributed by atoms with Gasteiger partial charge in [0.05, 0.1) is 21.9 Å². The molecule has 0 aliphatic heterocycles. The van der Waals surface area contributed by atoms with E-state index in [0.717, 1.165) is 25.0 Å². The molecule has 0 radical (unpaired) electrons. The number of hydrogen-bond acceptors (Lipinski definition) is 4. The summed E-state index contributed by atoms with van der Waals surface area (Å²) >= 11 is 5.67. The molecule has 0 aliphatic carbocycles. The molecule has 0 unspecified atom stereocenters. The Morgan fingerprint density at radius 3 is 2.48 bits per heavy atom. The van der Waals surface area contributed by atoms with Crippen LogP contribution in [-0.4, -0.2) is 17.1 Å². The average molecular weight is 462 g/mol. The van der Waals surface area contributed by atoms with Crippen molar-refractivity contribution < 1.29 is 4.74 Å². The maximum atomic E-state index is 6.07. The smallest absolute Gasteiger partial charge is 0.165 e. The van der Waals surface area contributed by atoms with Crippen LogP contribution in [0.1, 0.15) is 26.5 Å². The molecule has 0 atom stereocenters. The normalized spacial score (nSPS) is 11.5. The molecule has 2 rings (SSSR count). The highest BCUT2D eigenvalue weighted by atomic mass is 127. The molecule has 0 fully saturated rings. The van der Waals surface area contributed by atoms with Crippen LogP contribution in [0.5, 0.6) is 5.75 Å². The van der Waals surface area contributed by atoms with Gasteiger partial charge in [0.15, 0.2) is 5.82 Å². The first kappa shape index (κ1) is 16.5. The summed E-state index contributed by atoms with van der Waals surface area (Å²) in [4.78, 5) is 9.15. The molecule has 1 aromatic carbocycles. The number of nitrogens with zero attached hydrogens (tertiary/aromatic N) is 2. The summed E-state index contributed by atoms with van der Waals surface area (Å²) in [6.07, 6.45) is 0. The third-order valence-corrected chi connectivity index (χ3v) is 4.55.